The van der Waals surface area contributed by atoms with E-state index in [1.807, 2.05) is 42.5 Å². The van der Waals surface area contributed by atoms with Crippen LogP contribution in [0.2, 0.25) is 0 Å². The molecule has 0 N–H and O–H groups in total. The van der Waals surface area contributed by atoms with Crippen molar-refractivity contribution in [3.05, 3.63) is 146 Å². The molecule has 0 radical (unpaired) electrons. The maximum atomic E-state index is 5.02. The first-order valence-electron chi connectivity index (χ1n) is 14.1. The molecule has 0 aliphatic heterocycles. The van der Waals surface area contributed by atoms with Gasteiger partial charge in [-0.3, -0.25) is 0 Å². The average Bonchev–Trinajstić information content (AvgIpc) is 3.54. The smallest absolute Gasteiger partial charge is 0.0544 e. The number of aromatic nitrogens is 4. The van der Waals surface area contributed by atoms with Crippen molar-refractivity contribution < 1.29 is 0 Å². The van der Waals surface area contributed by atoms with Gasteiger partial charge < -0.3 is 0 Å². The van der Waals surface area contributed by atoms with Gasteiger partial charge in [-0.15, -0.1) is 0 Å². The Morgan fingerprint density at radius 2 is 0.837 bits per heavy atom. The van der Waals surface area contributed by atoms with E-state index >= 15 is 0 Å². The van der Waals surface area contributed by atoms with E-state index in [-0.39, 0.29) is 14.5 Å². The zero-order chi connectivity index (χ0) is 28.6. The van der Waals surface area contributed by atoms with E-state index in [2.05, 4.69) is 103 Å². The molecule has 0 spiro atoms. The van der Waals surface area contributed by atoms with Gasteiger partial charge in [-0.1, -0.05) is 30.3 Å². The summed E-state index contributed by atoms with van der Waals surface area (Å²) in [6.07, 6.45) is 0. The summed E-state index contributed by atoms with van der Waals surface area (Å²) in [6, 6.07) is 50.2. The minimum Gasteiger partial charge on any atom is -0.0617 e. The van der Waals surface area contributed by atoms with Crippen LogP contribution in [0.1, 0.15) is 0 Å². The van der Waals surface area contributed by atoms with Crippen molar-refractivity contribution in [1.29, 1.82) is 0 Å². The molecule has 0 bridgehead atoms. The summed E-state index contributed by atoms with van der Waals surface area (Å²) in [5, 5.41) is 2.41. The summed E-state index contributed by atoms with van der Waals surface area (Å²) in [4.78, 5) is 19.9. The molecule has 8 aromatic rings. The molecule has 4 nitrogen and oxygen atoms in total. The number of rotatable bonds is 5. The Morgan fingerprint density at radius 3 is 1.49 bits per heavy atom. The summed E-state index contributed by atoms with van der Waals surface area (Å²) in [7, 11) is 0. The monoisotopic (exact) mass is 616 g/mol. The molecule has 0 unspecified atom stereocenters. The Morgan fingerprint density at radius 1 is 0.372 bits per heavy atom. The Labute approximate surface area is 255 Å². The second-order valence-electron chi connectivity index (χ2n) is 10.4. The summed E-state index contributed by atoms with van der Waals surface area (Å²) in [5.74, 6) is 1.97. The standard InChI is InChI=1S/C38H24N4Se/c1-4-10-25(11-5-1)26-16-19-29(20-17-26)36-40-35(28-12-6-2-7-13-28)41-37(42-36)31-21-18-27-22-23-33-34(32(27)24-31)43-38(39-33)30-14-8-3-9-15-30/h1-24H. The first-order valence-corrected chi connectivity index (χ1v) is 15.9. The van der Waals surface area contributed by atoms with Crippen molar-refractivity contribution in [2.75, 3.05) is 0 Å². The summed E-state index contributed by atoms with van der Waals surface area (Å²) in [6.45, 7) is 0. The molecule has 0 saturated heterocycles. The van der Waals surface area contributed by atoms with E-state index in [4.69, 9.17) is 19.9 Å². The Hall–Kier alpha value is -5.22. The van der Waals surface area contributed by atoms with Gasteiger partial charge in [0, 0.05) is 0 Å². The van der Waals surface area contributed by atoms with Crippen LogP contribution in [0.15, 0.2) is 146 Å². The Bertz CT molecular complexity index is 2210. The number of hydrogen-bond donors (Lipinski definition) is 0. The second kappa shape index (κ2) is 10.9. The van der Waals surface area contributed by atoms with Crippen molar-refractivity contribution in [3.63, 3.8) is 0 Å². The molecule has 6 aromatic carbocycles. The molecule has 0 fully saturated rings. The summed E-state index contributed by atoms with van der Waals surface area (Å²) >= 11 is 0.106. The molecular formula is C38H24N4Se. The predicted molar refractivity (Wildman–Crippen MR) is 177 cm³/mol. The van der Waals surface area contributed by atoms with E-state index < -0.39 is 0 Å². The topological polar surface area (TPSA) is 51.6 Å². The molecule has 2 aromatic heterocycles. The molecular weight excluding hydrogens is 591 g/mol. The maximum absolute atomic E-state index is 5.02. The summed E-state index contributed by atoms with van der Waals surface area (Å²) < 4.78 is 2.47. The predicted octanol–water partition coefficient (Wildman–Crippen LogP) is 8.96. The van der Waals surface area contributed by atoms with Gasteiger partial charge in [0.25, 0.3) is 0 Å². The van der Waals surface area contributed by atoms with E-state index in [1.165, 1.54) is 26.2 Å². The molecule has 0 aliphatic rings. The van der Waals surface area contributed by atoms with Crippen LogP contribution in [0.4, 0.5) is 0 Å². The van der Waals surface area contributed by atoms with Crippen molar-refractivity contribution in [1.82, 2.24) is 19.9 Å². The van der Waals surface area contributed by atoms with Crippen LogP contribution in [0, 0.1) is 0 Å². The molecule has 0 saturated carbocycles. The van der Waals surface area contributed by atoms with E-state index in [1.54, 1.807) is 0 Å². The van der Waals surface area contributed by atoms with Gasteiger partial charge in [0.1, 0.15) is 0 Å². The zero-order valence-corrected chi connectivity index (χ0v) is 24.8. The average molecular weight is 616 g/mol. The van der Waals surface area contributed by atoms with Gasteiger partial charge in [0.05, 0.1) is 0 Å². The van der Waals surface area contributed by atoms with E-state index in [0.29, 0.717) is 17.5 Å². The SMILES string of the molecule is c1ccc(-c2ccc(-c3nc(-c4ccccc4)nc(-c4ccc5ccc6nc(-c7ccccc7)[se]c6c5c4)n3)cc2)cc1. The summed E-state index contributed by atoms with van der Waals surface area (Å²) in [5.41, 5.74) is 7.46. The molecule has 0 aliphatic carbocycles. The number of benzene rings is 6. The van der Waals surface area contributed by atoms with Gasteiger partial charge in [0.15, 0.2) is 0 Å². The normalized spacial score (nSPS) is 11.3. The van der Waals surface area contributed by atoms with Crippen LogP contribution in [0.25, 0.3) is 76.0 Å². The molecule has 2 heterocycles. The van der Waals surface area contributed by atoms with Crippen LogP contribution in [-0.4, -0.2) is 34.4 Å². The third kappa shape index (κ3) is 4.95. The molecule has 43 heavy (non-hydrogen) atoms. The fourth-order valence-electron chi connectivity index (χ4n) is 5.34. The van der Waals surface area contributed by atoms with Gasteiger partial charge in [-0.25, -0.2) is 0 Å². The van der Waals surface area contributed by atoms with Gasteiger partial charge in [-0.2, -0.15) is 0 Å². The van der Waals surface area contributed by atoms with E-state index in [9.17, 15) is 0 Å². The van der Waals surface area contributed by atoms with Crippen LogP contribution in [0.5, 0.6) is 0 Å². The minimum absolute atomic E-state index is 0.106. The maximum Gasteiger partial charge on any atom is -0.0544 e. The van der Waals surface area contributed by atoms with Crippen LogP contribution in [0.3, 0.4) is 0 Å². The van der Waals surface area contributed by atoms with Crippen molar-refractivity contribution in [2.45, 2.75) is 0 Å². The van der Waals surface area contributed by atoms with Gasteiger partial charge in [0.2, 0.25) is 0 Å². The Kier molecular flexibility index (Phi) is 6.45. The quantitative estimate of drug-likeness (QED) is 0.181. The fraction of sp³-hybridized carbons (Fsp3) is 0. The fourth-order valence-corrected chi connectivity index (χ4v) is 7.64. The Balaban J connectivity index is 1.26. The minimum atomic E-state index is 0.106. The molecule has 5 heteroatoms. The molecule has 8 rings (SSSR count). The first-order chi connectivity index (χ1) is 21.3. The van der Waals surface area contributed by atoms with Crippen LogP contribution in [-0.2, 0) is 0 Å². The number of fused-ring (bicyclic) bond motifs is 3. The molecule has 202 valence electrons. The van der Waals surface area contributed by atoms with Crippen LogP contribution < -0.4 is 0 Å². The third-order valence-electron chi connectivity index (χ3n) is 7.57. The second-order valence-corrected chi connectivity index (χ2v) is 12.4. The number of hydrogen-bond acceptors (Lipinski definition) is 4. The molecule has 0 atom stereocenters. The van der Waals surface area contributed by atoms with Crippen molar-refractivity contribution in [2.24, 2.45) is 0 Å². The number of nitrogens with zero attached hydrogens (tertiary/aromatic N) is 4. The van der Waals surface area contributed by atoms with Gasteiger partial charge in [-0.05, 0) is 0 Å². The van der Waals surface area contributed by atoms with Gasteiger partial charge >= 0.3 is 226 Å². The molecule has 0 amide bonds. The largest absolute Gasteiger partial charge is 0.0617 e. The van der Waals surface area contributed by atoms with Crippen LogP contribution >= 0.6 is 0 Å². The van der Waals surface area contributed by atoms with Crippen molar-refractivity contribution in [3.8, 4) is 55.4 Å². The van der Waals surface area contributed by atoms with Crippen molar-refractivity contribution >= 4 is 35.1 Å². The zero-order valence-electron chi connectivity index (χ0n) is 23.1. The first kappa shape index (κ1) is 25.5. The van der Waals surface area contributed by atoms with E-state index in [0.717, 1.165) is 32.3 Å². The third-order valence-corrected chi connectivity index (χ3v) is 9.99.